The molecule has 2 aromatic carbocycles. The van der Waals surface area contributed by atoms with Crippen molar-refractivity contribution in [3.63, 3.8) is 0 Å². The lowest BCUT2D eigenvalue weighted by molar-refractivity contribution is -0.123. The number of carbonyl (C=O) groups excluding carboxylic acids is 1. The van der Waals surface area contributed by atoms with Gasteiger partial charge in [0.25, 0.3) is 11.9 Å². The molecule has 0 spiro atoms. The highest BCUT2D eigenvalue weighted by molar-refractivity contribution is 6.30. The normalized spacial score (nSPS) is 12.4. The maximum Gasteiger partial charge on any atom is 0.422 e. The third kappa shape index (κ3) is 5.48. The fourth-order valence-corrected chi connectivity index (χ4v) is 2.63. The van der Waals surface area contributed by atoms with Crippen LogP contribution < -0.4 is 4.90 Å². The van der Waals surface area contributed by atoms with Crippen LogP contribution in [0.4, 0.5) is 23.2 Å². The first-order valence-corrected chi connectivity index (χ1v) is 8.74. The predicted molar refractivity (Wildman–Crippen MR) is 101 cm³/mol. The van der Waals surface area contributed by atoms with Crippen LogP contribution in [0.25, 0.3) is 5.57 Å². The zero-order chi connectivity index (χ0) is 20.9. The number of halogens is 5. The summed E-state index contributed by atoms with van der Waals surface area (Å²) in [5.41, 5.74) is -0.745. The molecule has 0 heterocycles. The van der Waals surface area contributed by atoms with E-state index in [2.05, 4.69) is 4.74 Å². The molecule has 0 radical (unpaired) electrons. The quantitative estimate of drug-likeness (QED) is 0.433. The third-order valence-corrected chi connectivity index (χ3v) is 4.15. The van der Waals surface area contributed by atoms with Gasteiger partial charge in [0, 0.05) is 17.3 Å². The second kappa shape index (κ2) is 9.10. The topological polar surface area (TPSA) is 29.5 Å². The van der Waals surface area contributed by atoms with E-state index in [9.17, 15) is 22.4 Å². The smallest absolute Gasteiger partial charge is 0.422 e. The molecule has 0 fully saturated rings. The monoisotopic (exact) mass is 415 g/mol. The van der Waals surface area contributed by atoms with Gasteiger partial charge in [-0.05, 0) is 43.7 Å². The summed E-state index contributed by atoms with van der Waals surface area (Å²) < 4.78 is 58.8. The van der Waals surface area contributed by atoms with Gasteiger partial charge in [0.05, 0.1) is 0 Å². The van der Waals surface area contributed by atoms with Crippen LogP contribution in [0.2, 0.25) is 5.02 Å². The van der Waals surface area contributed by atoms with Gasteiger partial charge in [0.2, 0.25) is 0 Å². The molecule has 8 heteroatoms. The largest absolute Gasteiger partial charge is 0.460 e. The molecule has 0 aliphatic carbocycles. The number of hydrogen-bond donors (Lipinski definition) is 0. The predicted octanol–water partition coefficient (Wildman–Crippen LogP) is 5.92. The minimum absolute atomic E-state index is 0.221. The summed E-state index contributed by atoms with van der Waals surface area (Å²) in [5.74, 6) is -0.689. The fourth-order valence-electron chi connectivity index (χ4n) is 2.51. The van der Waals surface area contributed by atoms with Gasteiger partial charge in [-0.1, -0.05) is 41.4 Å². The number of hydrogen-bond acceptors (Lipinski definition) is 2. The van der Waals surface area contributed by atoms with E-state index in [1.165, 1.54) is 17.0 Å². The van der Waals surface area contributed by atoms with Crippen molar-refractivity contribution in [3.8, 4) is 0 Å². The molecule has 0 N–H and O–H groups in total. The van der Waals surface area contributed by atoms with E-state index in [1.807, 2.05) is 0 Å². The Morgan fingerprint density at radius 2 is 1.64 bits per heavy atom. The zero-order valence-electron chi connectivity index (χ0n) is 15.2. The summed E-state index contributed by atoms with van der Waals surface area (Å²) in [7, 11) is 0. The minimum atomic E-state index is -4.98. The third-order valence-electron chi connectivity index (χ3n) is 3.90. The number of likely N-dealkylation sites (N-methyl/N-ethyl adjacent to an activating group) is 1. The number of nitrogens with zero attached hydrogens (tertiary/aromatic N) is 1. The van der Waals surface area contributed by atoms with Gasteiger partial charge in [0.1, 0.15) is 5.57 Å². The lowest BCUT2D eigenvalue weighted by Gasteiger charge is -2.21. The van der Waals surface area contributed by atoms with Crippen molar-refractivity contribution in [2.45, 2.75) is 20.0 Å². The summed E-state index contributed by atoms with van der Waals surface area (Å²) in [5, 5.41) is 0.463. The summed E-state index contributed by atoms with van der Waals surface area (Å²) in [4.78, 5) is 13.6. The summed E-state index contributed by atoms with van der Waals surface area (Å²) >= 11 is 5.80. The second-order valence-electron chi connectivity index (χ2n) is 5.92. The van der Waals surface area contributed by atoms with E-state index in [1.54, 1.807) is 38.1 Å². The number of aryl methyl sites for hydroxylation is 1. The molecule has 2 aromatic rings. The highest BCUT2D eigenvalue weighted by Gasteiger charge is 2.39. The number of rotatable bonds is 6. The highest BCUT2D eigenvalue weighted by Crippen LogP contribution is 2.37. The van der Waals surface area contributed by atoms with Gasteiger partial charge in [-0.3, -0.25) is 4.79 Å². The number of anilines is 1. The van der Waals surface area contributed by atoms with Crippen LogP contribution in [0.15, 0.2) is 54.5 Å². The number of ether oxygens (including phenoxy) is 1. The number of allylic oxidation sites excluding steroid dienone is 1. The van der Waals surface area contributed by atoms with Gasteiger partial charge < -0.3 is 9.64 Å². The molecule has 0 bridgehead atoms. The summed E-state index contributed by atoms with van der Waals surface area (Å²) in [6, 6.07) is 9.58. The molecule has 0 aliphatic rings. The fraction of sp³-hybridized carbons (Fsp3) is 0.250. The Kier molecular flexibility index (Phi) is 7.07. The maximum absolute atomic E-state index is 14.3. The molecular formula is C20H18ClF4NO2. The molecule has 0 aliphatic heterocycles. The van der Waals surface area contributed by atoms with Crippen LogP contribution in [0.5, 0.6) is 0 Å². The zero-order valence-corrected chi connectivity index (χ0v) is 15.9. The average molecular weight is 416 g/mol. The van der Waals surface area contributed by atoms with E-state index in [0.29, 0.717) is 10.7 Å². The lowest BCUT2D eigenvalue weighted by atomic mass is 10.0. The summed E-state index contributed by atoms with van der Waals surface area (Å²) in [6.45, 7) is 2.71. The first-order chi connectivity index (χ1) is 13.1. The van der Waals surface area contributed by atoms with Crippen molar-refractivity contribution in [1.29, 1.82) is 0 Å². The van der Waals surface area contributed by atoms with Crippen molar-refractivity contribution in [2.75, 3.05) is 18.1 Å². The SMILES string of the molecule is CCN(C(=O)CO/C(F)=C(/c1ccc(C)cc1)C(F)(F)F)c1ccc(Cl)cc1. The first kappa shape index (κ1) is 21.8. The van der Waals surface area contributed by atoms with Crippen molar-refractivity contribution in [1.82, 2.24) is 0 Å². The van der Waals surface area contributed by atoms with Gasteiger partial charge in [0.15, 0.2) is 6.61 Å². The van der Waals surface area contributed by atoms with Gasteiger partial charge in [-0.15, -0.1) is 0 Å². The Bertz CT molecular complexity index is 846. The Hall–Kier alpha value is -2.54. The summed E-state index contributed by atoms with van der Waals surface area (Å²) in [6.07, 6.45) is -4.98. The van der Waals surface area contributed by atoms with Gasteiger partial charge in [-0.2, -0.15) is 17.6 Å². The van der Waals surface area contributed by atoms with Gasteiger partial charge in [-0.25, -0.2) is 0 Å². The van der Waals surface area contributed by atoms with Crippen molar-refractivity contribution in [3.05, 3.63) is 70.7 Å². The van der Waals surface area contributed by atoms with Crippen molar-refractivity contribution >= 4 is 28.8 Å². The second-order valence-corrected chi connectivity index (χ2v) is 6.35. The molecule has 2 rings (SSSR count). The number of amides is 1. The molecule has 0 unspecified atom stereocenters. The van der Waals surface area contributed by atoms with E-state index in [4.69, 9.17) is 11.6 Å². The molecule has 0 aromatic heterocycles. The van der Waals surface area contributed by atoms with E-state index in [0.717, 1.165) is 17.7 Å². The van der Waals surface area contributed by atoms with Crippen LogP contribution in [0, 0.1) is 6.92 Å². The van der Waals surface area contributed by atoms with E-state index >= 15 is 0 Å². The van der Waals surface area contributed by atoms with Crippen LogP contribution in [-0.2, 0) is 9.53 Å². The standard InChI is InChI=1S/C20H18ClF4NO2/c1-3-26(16-10-8-15(21)9-11-16)17(27)12-28-19(22)18(20(23,24)25)14-6-4-13(2)5-7-14/h4-11H,3,12H2,1-2H3/b19-18-. The minimum Gasteiger partial charge on any atom is -0.460 e. The van der Waals surface area contributed by atoms with Crippen LogP contribution in [0.1, 0.15) is 18.1 Å². The van der Waals surface area contributed by atoms with Gasteiger partial charge >= 0.3 is 6.18 Å². The van der Waals surface area contributed by atoms with Crippen molar-refractivity contribution in [2.24, 2.45) is 0 Å². The molecule has 0 saturated heterocycles. The Balaban J connectivity index is 2.22. The number of benzene rings is 2. The van der Waals surface area contributed by atoms with Crippen LogP contribution in [-0.4, -0.2) is 25.2 Å². The Morgan fingerprint density at radius 1 is 1.07 bits per heavy atom. The Morgan fingerprint density at radius 3 is 2.14 bits per heavy atom. The molecular weight excluding hydrogens is 398 g/mol. The average Bonchev–Trinajstić information content (AvgIpc) is 2.63. The molecule has 28 heavy (non-hydrogen) atoms. The molecule has 0 atom stereocenters. The van der Waals surface area contributed by atoms with Crippen LogP contribution >= 0.6 is 11.6 Å². The number of carbonyl (C=O) groups is 1. The first-order valence-electron chi connectivity index (χ1n) is 8.36. The molecule has 150 valence electrons. The highest BCUT2D eigenvalue weighted by atomic mass is 35.5. The molecule has 3 nitrogen and oxygen atoms in total. The maximum atomic E-state index is 14.3. The lowest BCUT2D eigenvalue weighted by Crippen LogP contribution is -2.33. The number of alkyl halides is 3. The van der Waals surface area contributed by atoms with Crippen LogP contribution in [0.3, 0.4) is 0 Å². The van der Waals surface area contributed by atoms with Crippen molar-refractivity contribution < 1.29 is 27.1 Å². The molecule has 0 saturated carbocycles. The molecule has 1 amide bonds. The Labute approximate surface area is 165 Å². The van der Waals surface area contributed by atoms with E-state index < -0.39 is 30.3 Å². The van der Waals surface area contributed by atoms with E-state index in [-0.39, 0.29) is 12.1 Å².